The van der Waals surface area contributed by atoms with Gasteiger partial charge in [0.2, 0.25) is 5.91 Å². The molecule has 0 atom stereocenters. The molecule has 1 saturated heterocycles. The second-order valence-corrected chi connectivity index (χ2v) is 7.67. The maximum atomic E-state index is 12.4. The quantitative estimate of drug-likeness (QED) is 0.642. The van der Waals surface area contributed by atoms with Crippen molar-refractivity contribution in [3.05, 3.63) is 52.4 Å². The Bertz CT molecular complexity index is 889. The number of aromatic nitrogens is 1. The Hall–Kier alpha value is -2.71. The molecular weight excluding hydrogens is 408 g/mol. The molecule has 9 heteroatoms. The Balaban J connectivity index is 1.31. The number of rotatable bonds is 8. The smallest absolute Gasteiger partial charge is 0.276 e. The second-order valence-electron chi connectivity index (χ2n) is 7.24. The first-order valence-corrected chi connectivity index (χ1v) is 10.3. The molecule has 3 rings (SSSR count). The highest BCUT2D eigenvalue weighted by molar-refractivity contribution is 6.30. The van der Waals surface area contributed by atoms with Gasteiger partial charge < -0.3 is 14.7 Å². The van der Waals surface area contributed by atoms with Crippen LogP contribution in [0.5, 0.6) is 0 Å². The Kier molecular flexibility index (Phi) is 7.59. The lowest BCUT2D eigenvalue weighted by Gasteiger charge is -2.34. The SMILES string of the molecule is Cc1cc(C(=O)N2CCN(CCNC(=O)CCC(=O)c3ccc(Cl)cc3)CC2)no1. The minimum absolute atomic E-state index is 0.0788. The van der Waals surface area contributed by atoms with Crippen LogP contribution < -0.4 is 5.32 Å². The molecular formula is C21H25ClN4O4. The van der Waals surface area contributed by atoms with Gasteiger partial charge in [0.05, 0.1) is 0 Å². The second kappa shape index (κ2) is 10.4. The number of carbonyl (C=O) groups excluding carboxylic acids is 3. The molecule has 1 aromatic carbocycles. The molecule has 8 nitrogen and oxygen atoms in total. The summed E-state index contributed by atoms with van der Waals surface area (Å²) in [6.45, 7) is 5.62. The fraction of sp³-hybridized carbons (Fsp3) is 0.429. The van der Waals surface area contributed by atoms with E-state index in [0.29, 0.717) is 48.2 Å². The molecule has 1 aromatic heterocycles. The monoisotopic (exact) mass is 432 g/mol. The van der Waals surface area contributed by atoms with E-state index in [1.807, 2.05) is 0 Å². The summed E-state index contributed by atoms with van der Waals surface area (Å²) in [7, 11) is 0. The van der Waals surface area contributed by atoms with E-state index in [1.54, 1.807) is 42.2 Å². The van der Waals surface area contributed by atoms with Crippen molar-refractivity contribution in [3.63, 3.8) is 0 Å². The zero-order valence-corrected chi connectivity index (χ0v) is 17.7. The van der Waals surface area contributed by atoms with Gasteiger partial charge in [-0.15, -0.1) is 0 Å². The van der Waals surface area contributed by atoms with Crippen LogP contribution in [0.25, 0.3) is 0 Å². The minimum atomic E-state index is -0.146. The highest BCUT2D eigenvalue weighted by Gasteiger charge is 2.24. The van der Waals surface area contributed by atoms with Crippen molar-refractivity contribution in [3.8, 4) is 0 Å². The van der Waals surface area contributed by atoms with E-state index in [4.69, 9.17) is 16.1 Å². The van der Waals surface area contributed by atoms with Gasteiger partial charge in [-0.2, -0.15) is 0 Å². The van der Waals surface area contributed by atoms with Crippen molar-refractivity contribution in [1.82, 2.24) is 20.3 Å². The third-order valence-electron chi connectivity index (χ3n) is 5.00. The number of halogens is 1. The molecule has 0 radical (unpaired) electrons. The standard InChI is InChI=1S/C21H25ClN4O4/c1-15-14-18(24-30-15)21(29)26-12-10-25(11-13-26)9-8-23-20(28)7-6-19(27)16-2-4-17(22)5-3-16/h2-5,14H,6-13H2,1H3,(H,23,28). The first-order valence-electron chi connectivity index (χ1n) is 9.93. The van der Waals surface area contributed by atoms with Crippen molar-refractivity contribution in [2.75, 3.05) is 39.3 Å². The van der Waals surface area contributed by atoms with Gasteiger partial charge in [0.1, 0.15) is 5.76 Å². The molecule has 1 fully saturated rings. The van der Waals surface area contributed by atoms with Crippen LogP contribution in [0.15, 0.2) is 34.9 Å². The van der Waals surface area contributed by atoms with Crippen molar-refractivity contribution < 1.29 is 18.9 Å². The molecule has 0 saturated carbocycles. The van der Waals surface area contributed by atoms with Gasteiger partial charge in [0.25, 0.3) is 5.91 Å². The van der Waals surface area contributed by atoms with Crippen LogP contribution in [-0.2, 0) is 4.79 Å². The van der Waals surface area contributed by atoms with Crippen molar-refractivity contribution in [1.29, 1.82) is 0 Å². The van der Waals surface area contributed by atoms with Crippen LogP contribution in [0.3, 0.4) is 0 Å². The van der Waals surface area contributed by atoms with Crippen LogP contribution >= 0.6 is 11.6 Å². The highest BCUT2D eigenvalue weighted by atomic mass is 35.5. The summed E-state index contributed by atoms with van der Waals surface area (Å²) in [6, 6.07) is 8.29. The number of hydrogen-bond acceptors (Lipinski definition) is 6. The van der Waals surface area contributed by atoms with Crippen molar-refractivity contribution in [2.45, 2.75) is 19.8 Å². The summed E-state index contributed by atoms with van der Waals surface area (Å²) in [5, 5.41) is 7.20. The lowest BCUT2D eigenvalue weighted by Crippen LogP contribution is -2.50. The molecule has 160 valence electrons. The van der Waals surface area contributed by atoms with Gasteiger partial charge in [0.15, 0.2) is 11.5 Å². The van der Waals surface area contributed by atoms with Gasteiger partial charge in [-0.05, 0) is 31.2 Å². The zero-order valence-electron chi connectivity index (χ0n) is 16.9. The third-order valence-corrected chi connectivity index (χ3v) is 5.25. The van der Waals surface area contributed by atoms with E-state index in [-0.39, 0.29) is 30.4 Å². The van der Waals surface area contributed by atoms with Crippen molar-refractivity contribution in [2.24, 2.45) is 0 Å². The summed E-state index contributed by atoms with van der Waals surface area (Å²) in [5.74, 6) is 0.269. The molecule has 2 amide bonds. The number of Topliss-reactive ketones (excluding diaryl/α,β-unsaturated/α-hetero) is 1. The number of nitrogens with one attached hydrogen (secondary N) is 1. The van der Waals surface area contributed by atoms with Crippen LogP contribution in [-0.4, -0.2) is 71.8 Å². The minimum Gasteiger partial charge on any atom is -0.361 e. The van der Waals surface area contributed by atoms with Gasteiger partial charge in [-0.1, -0.05) is 16.8 Å². The lowest BCUT2D eigenvalue weighted by molar-refractivity contribution is -0.121. The lowest BCUT2D eigenvalue weighted by atomic mass is 10.1. The molecule has 0 unspecified atom stereocenters. The first kappa shape index (κ1) is 22.0. The third kappa shape index (κ3) is 6.14. The van der Waals surface area contributed by atoms with Crippen LogP contribution in [0, 0.1) is 6.92 Å². The maximum Gasteiger partial charge on any atom is 0.276 e. The molecule has 1 aliphatic heterocycles. The van der Waals surface area contributed by atoms with E-state index in [1.165, 1.54) is 0 Å². The summed E-state index contributed by atoms with van der Waals surface area (Å²) < 4.78 is 4.96. The number of aryl methyl sites for hydroxylation is 1. The molecule has 2 heterocycles. The predicted octanol–water partition coefficient (Wildman–Crippen LogP) is 2.17. The number of benzene rings is 1. The van der Waals surface area contributed by atoms with Gasteiger partial charge in [-0.3, -0.25) is 19.3 Å². The van der Waals surface area contributed by atoms with E-state index < -0.39 is 0 Å². The summed E-state index contributed by atoms with van der Waals surface area (Å²) in [4.78, 5) is 40.4. The predicted molar refractivity (Wildman–Crippen MR) is 112 cm³/mol. The highest BCUT2D eigenvalue weighted by Crippen LogP contribution is 2.12. The van der Waals surface area contributed by atoms with Gasteiger partial charge in [-0.25, -0.2) is 0 Å². The number of hydrogen-bond donors (Lipinski definition) is 1. The number of amides is 2. The Morgan fingerprint density at radius 3 is 2.43 bits per heavy atom. The molecule has 0 spiro atoms. The zero-order chi connectivity index (χ0) is 21.5. The maximum absolute atomic E-state index is 12.4. The average Bonchev–Trinajstić information content (AvgIpc) is 3.19. The number of carbonyl (C=O) groups is 3. The average molecular weight is 433 g/mol. The number of nitrogens with zero attached hydrogens (tertiary/aromatic N) is 3. The number of ketones is 1. The Labute approximate surface area is 180 Å². The molecule has 1 N–H and O–H groups in total. The summed E-state index contributed by atoms with van der Waals surface area (Å²) in [5.41, 5.74) is 0.891. The Morgan fingerprint density at radius 2 is 1.80 bits per heavy atom. The van der Waals surface area contributed by atoms with E-state index >= 15 is 0 Å². The molecule has 0 aliphatic carbocycles. The largest absolute Gasteiger partial charge is 0.361 e. The summed E-state index contributed by atoms with van der Waals surface area (Å²) >= 11 is 5.81. The Morgan fingerprint density at radius 1 is 1.10 bits per heavy atom. The van der Waals surface area contributed by atoms with Crippen LogP contribution in [0.4, 0.5) is 0 Å². The molecule has 2 aromatic rings. The van der Waals surface area contributed by atoms with Gasteiger partial charge >= 0.3 is 0 Å². The molecule has 1 aliphatic rings. The van der Waals surface area contributed by atoms with Crippen LogP contribution in [0.1, 0.15) is 39.4 Å². The molecule has 30 heavy (non-hydrogen) atoms. The van der Waals surface area contributed by atoms with E-state index in [9.17, 15) is 14.4 Å². The topological polar surface area (TPSA) is 95.8 Å². The molecule has 0 bridgehead atoms. The van der Waals surface area contributed by atoms with Gasteiger partial charge in [0, 0.05) is 68.8 Å². The number of piperazine rings is 1. The fourth-order valence-corrected chi connectivity index (χ4v) is 3.38. The first-order chi connectivity index (χ1) is 14.4. The summed E-state index contributed by atoms with van der Waals surface area (Å²) in [6.07, 6.45) is 0.316. The van der Waals surface area contributed by atoms with E-state index in [0.717, 1.165) is 13.1 Å². The van der Waals surface area contributed by atoms with E-state index in [2.05, 4.69) is 15.4 Å². The fourth-order valence-electron chi connectivity index (χ4n) is 3.25. The van der Waals surface area contributed by atoms with Crippen molar-refractivity contribution >= 4 is 29.2 Å². The normalized spacial score (nSPS) is 14.5. The van der Waals surface area contributed by atoms with Crippen LogP contribution in [0.2, 0.25) is 5.02 Å².